The van der Waals surface area contributed by atoms with Gasteiger partial charge in [-0.2, -0.15) is 0 Å². The summed E-state index contributed by atoms with van der Waals surface area (Å²) in [5.74, 6) is -0.323. The fourth-order valence-electron chi connectivity index (χ4n) is 3.51. The predicted molar refractivity (Wildman–Crippen MR) is 131 cm³/mol. The minimum atomic E-state index is -0.599. The molecule has 3 N–H and O–H groups in total. The highest BCUT2D eigenvalue weighted by Crippen LogP contribution is 2.26. The quantitative estimate of drug-likeness (QED) is 0.173. The molecule has 1 heterocycles. The summed E-state index contributed by atoms with van der Waals surface area (Å²) in [6.45, 7) is 0.782. The minimum absolute atomic E-state index is 0.0948. The van der Waals surface area contributed by atoms with Gasteiger partial charge in [-0.3, -0.25) is 10.3 Å². The van der Waals surface area contributed by atoms with E-state index in [1.165, 1.54) is 19.2 Å². The standard InChI is InChI=1S/C27H26N2O5/c1-32-27(31)22-13-12-20(17-26(22)30)33-14-7-15-34-29-25(16-19-8-3-2-4-9-19)23-18-28-24-11-6-5-10-21(23)24/h2-6,8-13,16-18,28-30H,7,14-15H2,1H3. The number of nitrogens with one attached hydrogen (secondary N) is 2. The van der Waals surface area contributed by atoms with Crippen LogP contribution in [0, 0.1) is 0 Å². The van der Waals surface area contributed by atoms with E-state index in [9.17, 15) is 9.90 Å². The van der Waals surface area contributed by atoms with Crippen molar-refractivity contribution in [2.75, 3.05) is 20.3 Å². The topological polar surface area (TPSA) is 92.8 Å². The monoisotopic (exact) mass is 458 g/mol. The molecule has 0 aliphatic heterocycles. The average molecular weight is 459 g/mol. The summed E-state index contributed by atoms with van der Waals surface area (Å²) < 4.78 is 10.3. The van der Waals surface area contributed by atoms with Crippen LogP contribution < -0.4 is 10.2 Å². The molecule has 3 aromatic carbocycles. The van der Waals surface area contributed by atoms with Crippen molar-refractivity contribution in [2.45, 2.75) is 6.42 Å². The number of aromatic hydroxyl groups is 1. The van der Waals surface area contributed by atoms with E-state index in [-0.39, 0.29) is 11.3 Å². The van der Waals surface area contributed by atoms with E-state index in [2.05, 4.69) is 21.3 Å². The van der Waals surface area contributed by atoms with E-state index >= 15 is 0 Å². The number of aromatic nitrogens is 1. The van der Waals surface area contributed by atoms with Gasteiger partial charge in [0, 0.05) is 35.2 Å². The number of ether oxygens (including phenoxy) is 2. The maximum atomic E-state index is 11.6. The number of para-hydroxylation sites is 1. The lowest BCUT2D eigenvalue weighted by molar-refractivity contribution is 0.0597. The number of fused-ring (bicyclic) bond motifs is 1. The van der Waals surface area contributed by atoms with Gasteiger partial charge in [-0.25, -0.2) is 4.79 Å². The van der Waals surface area contributed by atoms with E-state index < -0.39 is 5.97 Å². The number of hydroxylamine groups is 1. The van der Waals surface area contributed by atoms with Crippen LogP contribution >= 0.6 is 0 Å². The van der Waals surface area contributed by atoms with Crippen LogP contribution in [0.25, 0.3) is 22.7 Å². The number of hydrogen-bond acceptors (Lipinski definition) is 6. The Morgan fingerprint density at radius 3 is 2.59 bits per heavy atom. The van der Waals surface area contributed by atoms with Crippen molar-refractivity contribution in [3.8, 4) is 11.5 Å². The molecular formula is C27H26N2O5. The lowest BCUT2D eigenvalue weighted by Crippen LogP contribution is -2.15. The number of phenols is 1. The van der Waals surface area contributed by atoms with E-state index in [0.29, 0.717) is 25.4 Å². The van der Waals surface area contributed by atoms with Gasteiger partial charge in [-0.1, -0.05) is 48.5 Å². The van der Waals surface area contributed by atoms with Gasteiger partial charge < -0.3 is 19.6 Å². The Labute approximate surface area is 197 Å². The van der Waals surface area contributed by atoms with Crippen molar-refractivity contribution in [3.05, 3.63) is 95.7 Å². The first kappa shape index (κ1) is 22.9. The van der Waals surface area contributed by atoms with E-state index in [1.54, 1.807) is 6.07 Å². The Kier molecular flexibility index (Phi) is 7.47. The van der Waals surface area contributed by atoms with E-state index in [0.717, 1.165) is 27.7 Å². The van der Waals surface area contributed by atoms with Crippen molar-refractivity contribution < 1.29 is 24.2 Å². The summed E-state index contributed by atoms with van der Waals surface area (Å²) in [5, 5.41) is 11.1. The van der Waals surface area contributed by atoms with Crippen LogP contribution in [0.5, 0.6) is 11.5 Å². The van der Waals surface area contributed by atoms with Gasteiger partial charge >= 0.3 is 5.97 Å². The number of carbonyl (C=O) groups excluding carboxylic acids is 1. The maximum Gasteiger partial charge on any atom is 0.341 e. The minimum Gasteiger partial charge on any atom is -0.507 e. The van der Waals surface area contributed by atoms with Crippen LogP contribution in [-0.4, -0.2) is 36.4 Å². The summed E-state index contributed by atoms with van der Waals surface area (Å²) in [6, 6.07) is 22.6. The number of esters is 1. The van der Waals surface area contributed by atoms with Crippen LogP contribution in [0.3, 0.4) is 0 Å². The molecule has 7 heteroatoms. The highest BCUT2D eigenvalue weighted by Gasteiger charge is 2.12. The molecule has 4 aromatic rings. The van der Waals surface area contributed by atoms with Crippen molar-refractivity contribution in [2.24, 2.45) is 0 Å². The summed E-state index contributed by atoms with van der Waals surface area (Å²) in [7, 11) is 1.26. The van der Waals surface area contributed by atoms with Crippen molar-refractivity contribution >= 4 is 28.6 Å². The predicted octanol–water partition coefficient (Wildman–Crippen LogP) is 5.15. The molecule has 0 amide bonds. The molecule has 0 aliphatic carbocycles. The number of hydrogen-bond donors (Lipinski definition) is 3. The molecule has 0 saturated carbocycles. The molecule has 4 rings (SSSR count). The smallest absolute Gasteiger partial charge is 0.341 e. The molecule has 7 nitrogen and oxygen atoms in total. The van der Waals surface area contributed by atoms with Crippen LogP contribution in [-0.2, 0) is 9.57 Å². The van der Waals surface area contributed by atoms with Crippen molar-refractivity contribution in [1.82, 2.24) is 10.5 Å². The summed E-state index contributed by atoms with van der Waals surface area (Å²) in [6.07, 6.45) is 4.61. The normalized spacial score (nSPS) is 11.4. The highest BCUT2D eigenvalue weighted by atomic mass is 16.6. The molecule has 174 valence electrons. The Morgan fingerprint density at radius 1 is 1.00 bits per heavy atom. The number of H-pyrrole nitrogens is 1. The van der Waals surface area contributed by atoms with Gasteiger partial charge in [0.2, 0.25) is 0 Å². The zero-order chi connectivity index (χ0) is 23.8. The Hall–Kier alpha value is -4.23. The molecular weight excluding hydrogens is 432 g/mol. The van der Waals surface area contributed by atoms with Gasteiger partial charge in [0.1, 0.15) is 17.1 Å². The molecule has 0 aliphatic rings. The second-order valence-electron chi connectivity index (χ2n) is 7.54. The van der Waals surface area contributed by atoms with Crippen LogP contribution in [0.2, 0.25) is 0 Å². The number of rotatable bonds is 10. The van der Waals surface area contributed by atoms with Gasteiger partial charge in [0.05, 0.1) is 26.0 Å². The van der Waals surface area contributed by atoms with Crippen LogP contribution in [0.15, 0.2) is 79.0 Å². The SMILES string of the molecule is COC(=O)c1ccc(OCCCONC(=Cc2ccccc2)c2c[nH]c3ccccc23)cc1O. The molecule has 0 spiro atoms. The lowest BCUT2D eigenvalue weighted by atomic mass is 10.1. The Bertz CT molecular complexity index is 1280. The number of aromatic amines is 1. The van der Waals surface area contributed by atoms with Crippen molar-refractivity contribution in [3.63, 3.8) is 0 Å². The third kappa shape index (κ3) is 5.57. The van der Waals surface area contributed by atoms with Crippen LogP contribution in [0.1, 0.15) is 27.9 Å². The van der Waals surface area contributed by atoms with E-state index in [1.807, 2.05) is 60.8 Å². The molecule has 0 fully saturated rings. The number of benzene rings is 3. The van der Waals surface area contributed by atoms with Crippen molar-refractivity contribution in [1.29, 1.82) is 0 Å². The summed E-state index contributed by atoms with van der Waals surface area (Å²) in [4.78, 5) is 20.6. The van der Waals surface area contributed by atoms with Gasteiger partial charge in [0.25, 0.3) is 0 Å². The molecule has 0 bridgehead atoms. The molecule has 34 heavy (non-hydrogen) atoms. The largest absolute Gasteiger partial charge is 0.507 e. The molecule has 0 radical (unpaired) electrons. The Morgan fingerprint density at radius 2 is 1.79 bits per heavy atom. The first-order valence-electron chi connectivity index (χ1n) is 10.9. The maximum absolute atomic E-state index is 11.6. The average Bonchev–Trinajstić information content (AvgIpc) is 3.30. The number of methoxy groups -OCH3 is 1. The molecule has 0 atom stereocenters. The number of phenolic OH excluding ortho intramolecular Hbond substituents is 1. The lowest BCUT2D eigenvalue weighted by Gasteiger charge is -2.12. The Balaban J connectivity index is 1.34. The van der Waals surface area contributed by atoms with Gasteiger partial charge in [0.15, 0.2) is 0 Å². The molecule has 0 unspecified atom stereocenters. The second kappa shape index (κ2) is 11.1. The second-order valence-corrected chi connectivity index (χ2v) is 7.54. The van der Waals surface area contributed by atoms with E-state index in [4.69, 9.17) is 9.57 Å². The fourth-order valence-corrected chi connectivity index (χ4v) is 3.51. The highest BCUT2D eigenvalue weighted by molar-refractivity contribution is 5.96. The zero-order valence-electron chi connectivity index (χ0n) is 18.8. The third-order valence-corrected chi connectivity index (χ3v) is 5.21. The summed E-state index contributed by atoms with van der Waals surface area (Å²) in [5.41, 5.74) is 7.14. The first-order valence-corrected chi connectivity index (χ1v) is 10.9. The van der Waals surface area contributed by atoms with Gasteiger partial charge in [-0.15, -0.1) is 0 Å². The van der Waals surface area contributed by atoms with Crippen LogP contribution in [0.4, 0.5) is 0 Å². The fraction of sp³-hybridized carbons (Fsp3) is 0.148. The third-order valence-electron chi connectivity index (χ3n) is 5.21. The first-order chi connectivity index (χ1) is 16.7. The summed E-state index contributed by atoms with van der Waals surface area (Å²) >= 11 is 0. The molecule has 0 saturated heterocycles. The zero-order valence-corrected chi connectivity index (χ0v) is 18.8. The van der Waals surface area contributed by atoms with Gasteiger partial charge in [-0.05, 0) is 29.8 Å². The number of carbonyl (C=O) groups is 1. The molecule has 1 aromatic heterocycles.